The maximum absolute atomic E-state index is 5.92. The summed E-state index contributed by atoms with van der Waals surface area (Å²) in [6.45, 7) is 0.956. The summed E-state index contributed by atoms with van der Waals surface area (Å²) in [5.41, 5.74) is 1.45. The van der Waals surface area contributed by atoms with E-state index in [1.165, 1.54) is 56.9 Å². The minimum Gasteiger partial charge on any atom is -0.378 e. The summed E-state index contributed by atoms with van der Waals surface area (Å²) >= 11 is 0. The van der Waals surface area contributed by atoms with Gasteiger partial charge in [-0.15, -0.1) is 0 Å². The number of aryl methyl sites for hydroxylation is 1. The number of hydrogen-bond acceptors (Lipinski definition) is 1. The Morgan fingerprint density at radius 2 is 1.71 bits per heavy atom. The van der Waals surface area contributed by atoms with Gasteiger partial charge in [-0.1, -0.05) is 49.6 Å². The van der Waals surface area contributed by atoms with Crippen LogP contribution < -0.4 is 0 Å². The van der Waals surface area contributed by atoms with E-state index in [2.05, 4.69) is 30.3 Å². The first-order chi connectivity index (χ1) is 8.45. The minimum absolute atomic E-state index is 0.570. The maximum atomic E-state index is 5.92. The predicted molar refractivity (Wildman–Crippen MR) is 72.2 cm³/mol. The van der Waals surface area contributed by atoms with E-state index in [0.29, 0.717) is 6.10 Å². The Hall–Kier alpha value is -0.820. The molecule has 0 radical (unpaired) electrons. The van der Waals surface area contributed by atoms with Crippen molar-refractivity contribution in [3.63, 3.8) is 0 Å². The number of ether oxygens (including phenoxy) is 1. The lowest BCUT2D eigenvalue weighted by molar-refractivity contribution is 0.0265. The summed E-state index contributed by atoms with van der Waals surface area (Å²) in [6.07, 6.45) is 10.9. The quantitative estimate of drug-likeness (QED) is 0.662. The summed E-state index contributed by atoms with van der Waals surface area (Å²) in [5, 5.41) is 0. The van der Waals surface area contributed by atoms with Crippen LogP contribution in [-0.4, -0.2) is 12.7 Å². The van der Waals surface area contributed by atoms with Crippen LogP contribution in [0.2, 0.25) is 0 Å². The molecule has 1 aromatic rings. The van der Waals surface area contributed by atoms with Gasteiger partial charge in [-0.3, -0.25) is 0 Å². The molecular weight excluding hydrogens is 208 g/mol. The van der Waals surface area contributed by atoms with Crippen molar-refractivity contribution < 1.29 is 4.74 Å². The molecular formula is C16H24O. The fraction of sp³-hybridized carbons (Fsp3) is 0.625. The third-order valence-corrected chi connectivity index (χ3v) is 3.61. The first kappa shape index (κ1) is 12.6. The second-order valence-corrected chi connectivity index (χ2v) is 5.07. The highest BCUT2D eigenvalue weighted by atomic mass is 16.5. The van der Waals surface area contributed by atoms with Crippen molar-refractivity contribution in [1.82, 2.24) is 0 Å². The summed E-state index contributed by atoms with van der Waals surface area (Å²) in [5.74, 6) is 0. The lowest BCUT2D eigenvalue weighted by Crippen LogP contribution is -2.17. The van der Waals surface area contributed by atoms with E-state index < -0.39 is 0 Å². The van der Waals surface area contributed by atoms with Gasteiger partial charge in [0.1, 0.15) is 0 Å². The third-order valence-electron chi connectivity index (χ3n) is 3.61. The van der Waals surface area contributed by atoms with Gasteiger partial charge in [-0.05, 0) is 37.7 Å². The predicted octanol–water partition coefficient (Wildman–Crippen LogP) is 4.36. The van der Waals surface area contributed by atoms with Gasteiger partial charge in [0.2, 0.25) is 0 Å². The van der Waals surface area contributed by atoms with Crippen LogP contribution in [0.25, 0.3) is 0 Å². The van der Waals surface area contributed by atoms with Gasteiger partial charge in [-0.25, -0.2) is 0 Å². The molecule has 1 aromatic carbocycles. The number of unbranched alkanes of at least 4 members (excludes halogenated alkanes) is 1. The Balaban J connectivity index is 1.51. The van der Waals surface area contributed by atoms with E-state index in [-0.39, 0.29) is 0 Å². The van der Waals surface area contributed by atoms with Gasteiger partial charge >= 0.3 is 0 Å². The minimum atomic E-state index is 0.570. The van der Waals surface area contributed by atoms with E-state index in [1.54, 1.807) is 0 Å². The number of benzene rings is 1. The standard InChI is InChI=1S/C16H24O/c1-3-9-15(10-4-1)11-7-8-14-17-16-12-5-2-6-13-16/h1,3-4,9-10,16H,2,5-8,11-14H2. The smallest absolute Gasteiger partial charge is 0.0575 e. The zero-order valence-electron chi connectivity index (χ0n) is 10.7. The normalized spacial score (nSPS) is 17.2. The number of rotatable bonds is 6. The van der Waals surface area contributed by atoms with Crippen molar-refractivity contribution in [3.05, 3.63) is 35.9 Å². The van der Waals surface area contributed by atoms with Gasteiger partial charge in [0.15, 0.2) is 0 Å². The Morgan fingerprint density at radius 3 is 2.47 bits per heavy atom. The molecule has 0 atom stereocenters. The molecule has 0 heterocycles. The molecule has 17 heavy (non-hydrogen) atoms. The van der Waals surface area contributed by atoms with E-state index in [4.69, 9.17) is 4.74 Å². The van der Waals surface area contributed by atoms with Crippen molar-refractivity contribution >= 4 is 0 Å². The van der Waals surface area contributed by atoms with Gasteiger partial charge in [0.25, 0.3) is 0 Å². The Bertz CT molecular complexity index is 288. The molecule has 0 aliphatic heterocycles. The maximum Gasteiger partial charge on any atom is 0.0575 e. The highest BCUT2D eigenvalue weighted by Gasteiger charge is 2.12. The molecule has 0 N–H and O–H groups in total. The topological polar surface area (TPSA) is 9.23 Å². The molecule has 94 valence electrons. The van der Waals surface area contributed by atoms with Gasteiger partial charge in [0, 0.05) is 6.61 Å². The Labute approximate surface area is 105 Å². The fourth-order valence-electron chi connectivity index (χ4n) is 2.56. The molecule has 1 saturated carbocycles. The van der Waals surface area contributed by atoms with Crippen molar-refractivity contribution in [3.8, 4) is 0 Å². The molecule has 0 unspecified atom stereocenters. The summed E-state index contributed by atoms with van der Waals surface area (Å²) < 4.78 is 5.92. The molecule has 1 aliphatic rings. The van der Waals surface area contributed by atoms with Crippen LogP contribution in [-0.2, 0) is 11.2 Å². The van der Waals surface area contributed by atoms with Crippen molar-refractivity contribution in [2.24, 2.45) is 0 Å². The molecule has 0 aromatic heterocycles. The molecule has 0 spiro atoms. The van der Waals surface area contributed by atoms with E-state index in [9.17, 15) is 0 Å². The second-order valence-electron chi connectivity index (χ2n) is 5.07. The molecule has 1 fully saturated rings. The molecule has 0 bridgehead atoms. The molecule has 0 saturated heterocycles. The molecule has 1 aliphatic carbocycles. The average Bonchev–Trinajstić information content (AvgIpc) is 2.41. The SMILES string of the molecule is c1ccc(CCCCOC2CCCCC2)cc1. The average molecular weight is 232 g/mol. The van der Waals surface area contributed by atoms with Crippen molar-refractivity contribution in [1.29, 1.82) is 0 Å². The van der Waals surface area contributed by atoms with E-state index in [0.717, 1.165) is 6.61 Å². The van der Waals surface area contributed by atoms with Crippen LogP contribution in [0.4, 0.5) is 0 Å². The highest BCUT2D eigenvalue weighted by molar-refractivity contribution is 5.14. The number of hydrogen-bond donors (Lipinski definition) is 0. The fourth-order valence-corrected chi connectivity index (χ4v) is 2.56. The van der Waals surface area contributed by atoms with Gasteiger partial charge < -0.3 is 4.74 Å². The highest BCUT2D eigenvalue weighted by Crippen LogP contribution is 2.20. The first-order valence-electron chi connectivity index (χ1n) is 7.11. The van der Waals surface area contributed by atoms with E-state index >= 15 is 0 Å². The molecule has 0 amide bonds. The lowest BCUT2D eigenvalue weighted by Gasteiger charge is -2.21. The van der Waals surface area contributed by atoms with Crippen LogP contribution in [0.3, 0.4) is 0 Å². The molecule has 2 rings (SSSR count). The zero-order valence-corrected chi connectivity index (χ0v) is 10.7. The largest absolute Gasteiger partial charge is 0.378 e. The van der Waals surface area contributed by atoms with Gasteiger partial charge in [-0.2, -0.15) is 0 Å². The summed E-state index contributed by atoms with van der Waals surface area (Å²) in [7, 11) is 0. The summed E-state index contributed by atoms with van der Waals surface area (Å²) in [6, 6.07) is 10.7. The zero-order chi connectivity index (χ0) is 11.8. The monoisotopic (exact) mass is 232 g/mol. The van der Waals surface area contributed by atoms with Crippen LogP contribution in [0.1, 0.15) is 50.5 Å². The van der Waals surface area contributed by atoms with E-state index in [1.807, 2.05) is 0 Å². The second kappa shape index (κ2) is 7.50. The summed E-state index contributed by atoms with van der Waals surface area (Å²) in [4.78, 5) is 0. The lowest BCUT2D eigenvalue weighted by atomic mass is 9.98. The van der Waals surface area contributed by atoms with Crippen LogP contribution >= 0.6 is 0 Å². The molecule has 1 heteroatoms. The first-order valence-corrected chi connectivity index (χ1v) is 7.11. The van der Waals surface area contributed by atoms with Crippen LogP contribution in [0.15, 0.2) is 30.3 Å². The Morgan fingerprint density at radius 1 is 0.941 bits per heavy atom. The van der Waals surface area contributed by atoms with Gasteiger partial charge in [0.05, 0.1) is 6.10 Å². The van der Waals surface area contributed by atoms with Crippen LogP contribution in [0, 0.1) is 0 Å². The van der Waals surface area contributed by atoms with Crippen LogP contribution in [0.5, 0.6) is 0 Å². The Kier molecular flexibility index (Phi) is 5.57. The van der Waals surface area contributed by atoms with Crippen molar-refractivity contribution in [2.75, 3.05) is 6.61 Å². The van der Waals surface area contributed by atoms with Crippen molar-refractivity contribution in [2.45, 2.75) is 57.5 Å². The molecule has 1 nitrogen and oxygen atoms in total. The third kappa shape index (κ3) is 4.91.